The highest BCUT2D eigenvalue weighted by atomic mass is 16.6. The average molecular weight is 733 g/mol. The number of hydrogen-bond acceptors (Lipinski definition) is 11. The van der Waals surface area contributed by atoms with Crippen molar-refractivity contribution in [3.8, 4) is 23.0 Å². The van der Waals surface area contributed by atoms with Gasteiger partial charge in [-0.3, -0.25) is 0 Å². The van der Waals surface area contributed by atoms with Crippen LogP contribution in [-0.2, 0) is 28.7 Å². The minimum Gasteiger partial charge on any atom is -0.493 e. The zero-order valence-electron chi connectivity index (χ0n) is 30.3. The lowest BCUT2D eigenvalue weighted by Crippen LogP contribution is -2.23. The van der Waals surface area contributed by atoms with E-state index < -0.39 is 29.8 Å². The predicted octanol–water partition coefficient (Wildman–Crippen LogP) is 7.78. The maximum Gasteiger partial charge on any atom is 0.343 e. The van der Waals surface area contributed by atoms with Gasteiger partial charge in [0, 0.05) is 34.1 Å². The Balaban J connectivity index is 1.33. The fourth-order valence-corrected chi connectivity index (χ4v) is 4.65. The van der Waals surface area contributed by atoms with E-state index in [4.69, 9.17) is 28.4 Å². The Kier molecular flexibility index (Phi) is 14.2. The van der Waals surface area contributed by atoms with E-state index in [1.165, 1.54) is 61.5 Å². The molecule has 0 radical (unpaired) electrons. The van der Waals surface area contributed by atoms with Crippen molar-refractivity contribution in [2.75, 3.05) is 19.8 Å². The van der Waals surface area contributed by atoms with Crippen LogP contribution in [0.3, 0.4) is 0 Å². The zero-order valence-corrected chi connectivity index (χ0v) is 30.3. The molecule has 0 heterocycles. The SMILES string of the molecule is C=C(C)C(=O)OCC(CCOc1ccc(/C=C/C(=O)Oc2ccc(OC(=O)c3ccc(OC(=O)C(=C)C)cc3)cc2)c2ccccc12)COC(=O)C(=C)C. The zero-order chi connectivity index (χ0) is 39.2. The summed E-state index contributed by atoms with van der Waals surface area (Å²) < 4.78 is 32.7. The molecule has 0 spiro atoms. The van der Waals surface area contributed by atoms with Gasteiger partial charge in [-0.05, 0) is 98.8 Å². The molecule has 0 unspecified atom stereocenters. The Morgan fingerprint density at radius 3 is 1.70 bits per heavy atom. The minimum atomic E-state index is -0.628. The van der Waals surface area contributed by atoms with E-state index in [-0.39, 0.29) is 65.3 Å². The van der Waals surface area contributed by atoms with Gasteiger partial charge in [-0.2, -0.15) is 0 Å². The fraction of sp³-hybridized carbons (Fsp3) is 0.186. The second-order valence-electron chi connectivity index (χ2n) is 12.3. The van der Waals surface area contributed by atoms with E-state index >= 15 is 0 Å². The third-order valence-corrected chi connectivity index (χ3v) is 7.60. The molecule has 4 aromatic rings. The summed E-state index contributed by atoms with van der Waals surface area (Å²) in [5.41, 5.74) is 1.76. The van der Waals surface area contributed by atoms with Crippen LogP contribution in [-0.4, -0.2) is 49.7 Å². The number of esters is 5. The van der Waals surface area contributed by atoms with Crippen LogP contribution in [0.25, 0.3) is 16.8 Å². The standard InChI is InChI=1S/C43H40O11/c1-27(2)40(45)50-25-30(26-51-41(46)28(3)4)23-24-49-38-21-13-31(36-9-7-8-10-37(36)38)14-22-39(44)52-33-17-19-35(20-18-33)54-43(48)32-11-15-34(16-12-32)53-42(47)29(5)6/h7-22,30H,1,3,5,23-26H2,2,4,6H3/b22-14+. The van der Waals surface area contributed by atoms with Crippen LogP contribution < -0.4 is 18.9 Å². The summed E-state index contributed by atoms with van der Waals surface area (Å²) in [5.74, 6) is -1.88. The number of fused-ring (bicyclic) bond motifs is 1. The Labute approximate surface area is 313 Å². The Morgan fingerprint density at radius 2 is 1.13 bits per heavy atom. The molecular formula is C43H40O11. The third-order valence-electron chi connectivity index (χ3n) is 7.60. The van der Waals surface area contributed by atoms with Gasteiger partial charge >= 0.3 is 29.8 Å². The molecule has 0 aliphatic rings. The van der Waals surface area contributed by atoms with E-state index in [9.17, 15) is 24.0 Å². The summed E-state index contributed by atoms with van der Waals surface area (Å²) in [5, 5.41) is 1.63. The molecule has 0 saturated heterocycles. The smallest absolute Gasteiger partial charge is 0.343 e. The van der Waals surface area contributed by atoms with Gasteiger partial charge < -0.3 is 28.4 Å². The van der Waals surface area contributed by atoms with E-state index in [2.05, 4.69) is 19.7 Å². The molecule has 0 saturated carbocycles. The van der Waals surface area contributed by atoms with Crippen molar-refractivity contribution < 1.29 is 52.4 Å². The van der Waals surface area contributed by atoms with Gasteiger partial charge in [-0.25, -0.2) is 24.0 Å². The number of hydrogen-bond donors (Lipinski definition) is 0. The second-order valence-corrected chi connectivity index (χ2v) is 12.3. The lowest BCUT2D eigenvalue weighted by Gasteiger charge is -2.18. The molecular weight excluding hydrogens is 692 g/mol. The summed E-state index contributed by atoms with van der Waals surface area (Å²) in [6.45, 7) is 15.6. The first-order valence-electron chi connectivity index (χ1n) is 16.8. The third kappa shape index (κ3) is 11.9. The van der Waals surface area contributed by atoms with Crippen LogP contribution in [0.4, 0.5) is 0 Å². The van der Waals surface area contributed by atoms with Crippen LogP contribution in [0, 0.1) is 5.92 Å². The number of carbonyl (C=O) groups excluding carboxylic acids is 5. The molecule has 0 atom stereocenters. The van der Waals surface area contributed by atoms with Crippen molar-refractivity contribution in [2.24, 2.45) is 5.92 Å². The normalized spacial score (nSPS) is 10.7. The topological polar surface area (TPSA) is 141 Å². The molecule has 0 bridgehead atoms. The molecule has 0 N–H and O–H groups in total. The molecule has 11 nitrogen and oxygen atoms in total. The van der Waals surface area contributed by atoms with Crippen molar-refractivity contribution in [1.29, 1.82) is 0 Å². The Morgan fingerprint density at radius 1 is 0.611 bits per heavy atom. The van der Waals surface area contributed by atoms with Crippen LogP contribution >= 0.6 is 0 Å². The highest BCUT2D eigenvalue weighted by Gasteiger charge is 2.17. The highest BCUT2D eigenvalue weighted by molar-refractivity contribution is 5.98. The van der Waals surface area contributed by atoms with Gasteiger partial charge in [0.1, 0.15) is 23.0 Å². The molecule has 54 heavy (non-hydrogen) atoms. The van der Waals surface area contributed by atoms with Crippen LogP contribution in [0.15, 0.2) is 127 Å². The molecule has 278 valence electrons. The van der Waals surface area contributed by atoms with Gasteiger partial charge in [-0.1, -0.05) is 50.1 Å². The summed E-state index contributed by atoms with van der Waals surface area (Å²) in [6, 6.07) is 23.0. The van der Waals surface area contributed by atoms with Gasteiger partial charge in [0.25, 0.3) is 0 Å². The van der Waals surface area contributed by atoms with Crippen molar-refractivity contribution in [1.82, 2.24) is 0 Å². The van der Waals surface area contributed by atoms with Crippen molar-refractivity contribution >= 4 is 46.7 Å². The molecule has 0 aliphatic heterocycles. The maximum atomic E-state index is 12.7. The first kappa shape index (κ1) is 40.0. The molecule has 0 aromatic heterocycles. The Bertz CT molecular complexity index is 2060. The van der Waals surface area contributed by atoms with Crippen LogP contribution in [0.2, 0.25) is 0 Å². The number of ether oxygens (including phenoxy) is 6. The number of rotatable bonds is 17. The van der Waals surface area contributed by atoms with Crippen molar-refractivity contribution in [3.63, 3.8) is 0 Å². The second kappa shape index (κ2) is 19.2. The summed E-state index contributed by atoms with van der Waals surface area (Å²) in [6.07, 6.45) is 3.36. The van der Waals surface area contributed by atoms with Gasteiger partial charge in [-0.15, -0.1) is 0 Å². The molecule has 0 aliphatic carbocycles. The largest absolute Gasteiger partial charge is 0.493 e. The quantitative estimate of drug-likeness (QED) is 0.0597. The molecule has 0 fully saturated rings. The highest BCUT2D eigenvalue weighted by Crippen LogP contribution is 2.30. The van der Waals surface area contributed by atoms with Crippen molar-refractivity contribution in [3.05, 3.63) is 139 Å². The van der Waals surface area contributed by atoms with E-state index in [0.29, 0.717) is 12.2 Å². The van der Waals surface area contributed by atoms with Crippen LogP contribution in [0.5, 0.6) is 23.0 Å². The van der Waals surface area contributed by atoms with Gasteiger partial charge in [0.05, 0.1) is 25.4 Å². The summed E-state index contributed by atoms with van der Waals surface area (Å²) >= 11 is 0. The minimum absolute atomic E-state index is 0.0185. The lowest BCUT2D eigenvalue weighted by atomic mass is 10.0. The summed E-state index contributed by atoms with van der Waals surface area (Å²) in [4.78, 5) is 60.9. The fourth-order valence-electron chi connectivity index (χ4n) is 4.65. The summed E-state index contributed by atoms with van der Waals surface area (Å²) in [7, 11) is 0. The van der Waals surface area contributed by atoms with Crippen molar-refractivity contribution in [2.45, 2.75) is 27.2 Å². The van der Waals surface area contributed by atoms with Gasteiger partial charge in [0.2, 0.25) is 0 Å². The lowest BCUT2D eigenvalue weighted by molar-refractivity contribution is -0.144. The maximum absolute atomic E-state index is 12.7. The molecule has 4 rings (SSSR count). The van der Waals surface area contributed by atoms with E-state index in [0.717, 1.165) is 16.3 Å². The monoisotopic (exact) mass is 732 g/mol. The van der Waals surface area contributed by atoms with E-state index in [1.54, 1.807) is 26.0 Å². The molecule has 0 amide bonds. The number of benzene rings is 4. The molecule has 4 aromatic carbocycles. The molecule has 11 heteroatoms. The first-order valence-corrected chi connectivity index (χ1v) is 16.8. The first-order chi connectivity index (χ1) is 25.8. The van der Waals surface area contributed by atoms with Gasteiger partial charge in [0.15, 0.2) is 0 Å². The average Bonchev–Trinajstić information content (AvgIpc) is 3.15. The Hall–Kier alpha value is -6.75. The van der Waals surface area contributed by atoms with E-state index in [1.807, 2.05) is 30.3 Å². The number of carbonyl (C=O) groups is 5. The predicted molar refractivity (Wildman–Crippen MR) is 202 cm³/mol. The van der Waals surface area contributed by atoms with Crippen LogP contribution in [0.1, 0.15) is 43.1 Å².